The first-order valence-electron chi connectivity index (χ1n) is 17.4. The summed E-state index contributed by atoms with van der Waals surface area (Å²) in [6.07, 6.45) is 3.77. The Balaban J connectivity index is 1.30. The van der Waals surface area contributed by atoms with E-state index in [0.717, 1.165) is 50.4 Å². The summed E-state index contributed by atoms with van der Waals surface area (Å²) in [5.41, 5.74) is 14.6. The van der Waals surface area contributed by atoms with Gasteiger partial charge >= 0.3 is 0 Å². The minimum absolute atomic E-state index is 0.0195. The number of nitrogens with two attached hydrogens (primary N) is 2. The SMILES string of the molecule is CC(C)CCOc1ccc2ccccc2c1-c1c(OCc2cn([C@H](CCCN=C(N)N)C(=O)NCc3ccccc3)nn2)ccc2ccccc12. The average molecular weight is 684 g/mol. The summed E-state index contributed by atoms with van der Waals surface area (Å²) in [6, 6.07) is 34.1. The van der Waals surface area contributed by atoms with E-state index in [-0.39, 0.29) is 18.5 Å². The Labute approximate surface area is 298 Å². The van der Waals surface area contributed by atoms with Gasteiger partial charge in [0.25, 0.3) is 0 Å². The van der Waals surface area contributed by atoms with Crippen LogP contribution in [-0.4, -0.2) is 40.0 Å². The Hall–Kier alpha value is -5.90. The van der Waals surface area contributed by atoms with Gasteiger partial charge in [-0.05, 0) is 64.4 Å². The molecule has 10 heteroatoms. The van der Waals surface area contributed by atoms with Gasteiger partial charge in [0.15, 0.2) is 5.96 Å². The highest BCUT2D eigenvalue weighted by atomic mass is 16.5. The fraction of sp³-hybridized carbons (Fsp3) is 0.268. The molecular weight excluding hydrogens is 638 g/mol. The molecule has 0 unspecified atom stereocenters. The predicted molar refractivity (Wildman–Crippen MR) is 203 cm³/mol. The summed E-state index contributed by atoms with van der Waals surface area (Å²) in [5, 5.41) is 16.2. The van der Waals surface area contributed by atoms with E-state index in [1.807, 2.05) is 54.6 Å². The van der Waals surface area contributed by atoms with Crippen LogP contribution in [0.15, 0.2) is 114 Å². The van der Waals surface area contributed by atoms with Crippen molar-refractivity contribution in [3.63, 3.8) is 0 Å². The molecule has 262 valence electrons. The maximum Gasteiger partial charge on any atom is 0.245 e. The number of hydrogen-bond donors (Lipinski definition) is 3. The minimum atomic E-state index is -0.610. The molecule has 0 saturated carbocycles. The Morgan fingerprint density at radius 1 is 0.804 bits per heavy atom. The standard InChI is InChI=1S/C41H45N7O3/c1-28(2)22-24-50-36-20-18-30-13-6-8-15-33(30)38(36)39-34-16-9-7-14-31(34)19-21-37(39)51-27-32-26-48(47-46-32)35(17-10-23-44-41(42)43)40(49)45-25-29-11-4-3-5-12-29/h3-9,11-16,18-21,26,28,35H,10,17,22-25,27H2,1-2H3,(H,45,49)(H4,42,43,44)/t35-/m1/s1. The molecule has 6 rings (SSSR count). The Kier molecular flexibility index (Phi) is 11.4. The molecule has 0 aliphatic rings. The number of ether oxygens (including phenoxy) is 2. The number of aliphatic imine (C=N–C) groups is 1. The van der Waals surface area contributed by atoms with Gasteiger partial charge in [-0.25, -0.2) is 4.68 Å². The van der Waals surface area contributed by atoms with Crippen LogP contribution in [0, 0.1) is 5.92 Å². The molecule has 0 fully saturated rings. The fourth-order valence-corrected chi connectivity index (χ4v) is 6.13. The zero-order valence-electron chi connectivity index (χ0n) is 29.2. The Morgan fingerprint density at radius 2 is 1.43 bits per heavy atom. The molecule has 1 aromatic heterocycles. The lowest BCUT2D eigenvalue weighted by atomic mass is 9.92. The highest BCUT2D eigenvalue weighted by Crippen LogP contribution is 2.45. The molecule has 0 saturated heterocycles. The van der Waals surface area contributed by atoms with Crippen molar-refractivity contribution in [2.45, 2.75) is 52.3 Å². The molecule has 1 heterocycles. The molecule has 6 aromatic rings. The number of rotatable bonds is 16. The first kappa shape index (κ1) is 34.9. The predicted octanol–water partition coefficient (Wildman–Crippen LogP) is 7.17. The highest BCUT2D eigenvalue weighted by molar-refractivity contribution is 6.09. The molecule has 0 aliphatic heterocycles. The van der Waals surface area contributed by atoms with Crippen molar-refractivity contribution in [3.05, 3.63) is 121 Å². The Bertz CT molecular complexity index is 2110. The maximum atomic E-state index is 13.5. The molecule has 0 spiro atoms. The van der Waals surface area contributed by atoms with Crippen LogP contribution in [0.5, 0.6) is 11.5 Å². The smallest absolute Gasteiger partial charge is 0.245 e. The number of nitrogens with zero attached hydrogens (tertiary/aromatic N) is 4. The van der Waals surface area contributed by atoms with Crippen molar-refractivity contribution in [1.29, 1.82) is 0 Å². The van der Waals surface area contributed by atoms with Gasteiger partial charge in [-0.1, -0.05) is 110 Å². The number of fused-ring (bicyclic) bond motifs is 2. The third-order valence-electron chi connectivity index (χ3n) is 8.78. The van der Waals surface area contributed by atoms with E-state index < -0.39 is 6.04 Å². The van der Waals surface area contributed by atoms with Crippen LogP contribution in [0.2, 0.25) is 0 Å². The van der Waals surface area contributed by atoms with Crippen molar-refractivity contribution < 1.29 is 14.3 Å². The lowest BCUT2D eigenvalue weighted by molar-refractivity contribution is -0.125. The zero-order chi connectivity index (χ0) is 35.6. The number of guanidine groups is 1. The van der Waals surface area contributed by atoms with E-state index in [0.29, 0.717) is 49.9 Å². The normalized spacial score (nSPS) is 11.8. The van der Waals surface area contributed by atoms with Crippen LogP contribution in [-0.2, 0) is 17.9 Å². The van der Waals surface area contributed by atoms with E-state index in [9.17, 15) is 4.79 Å². The summed E-state index contributed by atoms with van der Waals surface area (Å²) in [5.74, 6) is 1.88. The molecule has 51 heavy (non-hydrogen) atoms. The third kappa shape index (κ3) is 8.83. The van der Waals surface area contributed by atoms with Crippen LogP contribution < -0.4 is 26.3 Å². The quantitative estimate of drug-likeness (QED) is 0.0558. The molecule has 5 aromatic carbocycles. The molecule has 0 bridgehead atoms. The molecule has 0 radical (unpaired) electrons. The van der Waals surface area contributed by atoms with Gasteiger partial charge in [0.1, 0.15) is 29.8 Å². The van der Waals surface area contributed by atoms with Gasteiger partial charge in [0.05, 0.1) is 12.8 Å². The minimum Gasteiger partial charge on any atom is -0.493 e. The first-order chi connectivity index (χ1) is 24.9. The number of aromatic nitrogens is 3. The fourth-order valence-electron chi connectivity index (χ4n) is 6.13. The summed E-state index contributed by atoms with van der Waals surface area (Å²) in [4.78, 5) is 17.6. The van der Waals surface area contributed by atoms with Gasteiger partial charge in [0, 0.05) is 24.2 Å². The number of carbonyl (C=O) groups excluding carboxylic acids is 1. The monoisotopic (exact) mass is 683 g/mol. The van der Waals surface area contributed by atoms with E-state index >= 15 is 0 Å². The van der Waals surface area contributed by atoms with Crippen molar-refractivity contribution in [1.82, 2.24) is 20.3 Å². The van der Waals surface area contributed by atoms with Gasteiger partial charge < -0.3 is 26.3 Å². The van der Waals surface area contributed by atoms with E-state index in [2.05, 4.69) is 83.0 Å². The van der Waals surface area contributed by atoms with E-state index in [1.54, 1.807) is 10.9 Å². The number of amides is 1. The van der Waals surface area contributed by atoms with Gasteiger partial charge in [-0.3, -0.25) is 9.79 Å². The third-order valence-corrected chi connectivity index (χ3v) is 8.78. The summed E-state index contributed by atoms with van der Waals surface area (Å²) in [7, 11) is 0. The molecular formula is C41H45N7O3. The second kappa shape index (κ2) is 16.7. The van der Waals surface area contributed by atoms with Crippen molar-refractivity contribution in [3.8, 4) is 22.6 Å². The van der Waals surface area contributed by atoms with Crippen LogP contribution in [0.3, 0.4) is 0 Å². The lowest BCUT2D eigenvalue weighted by Gasteiger charge is -2.20. The summed E-state index contributed by atoms with van der Waals surface area (Å²) < 4.78 is 14.7. The van der Waals surface area contributed by atoms with E-state index in [1.165, 1.54) is 0 Å². The molecule has 5 N–H and O–H groups in total. The van der Waals surface area contributed by atoms with E-state index in [4.69, 9.17) is 20.9 Å². The molecule has 1 atom stereocenters. The van der Waals surface area contributed by atoms with Gasteiger partial charge in [0.2, 0.25) is 5.91 Å². The van der Waals surface area contributed by atoms with Crippen LogP contribution in [0.25, 0.3) is 32.7 Å². The van der Waals surface area contributed by atoms with Crippen molar-refractivity contribution in [2.24, 2.45) is 22.4 Å². The zero-order valence-corrected chi connectivity index (χ0v) is 29.2. The number of benzene rings is 5. The number of nitrogens with one attached hydrogen (secondary N) is 1. The summed E-state index contributed by atoms with van der Waals surface area (Å²) >= 11 is 0. The molecule has 10 nitrogen and oxygen atoms in total. The summed E-state index contributed by atoms with van der Waals surface area (Å²) in [6.45, 7) is 5.95. The maximum absolute atomic E-state index is 13.5. The van der Waals surface area contributed by atoms with Crippen LogP contribution in [0.1, 0.15) is 50.4 Å². The van der Waals surface area contributed by atoms with Crippen molar-refractivity contribution in [2.75, 3.05) is 13.2 Å². The Morgan fingerprint density at radius 3 is 2.08 bits per heavy atom. The van der Waals surface area contributed by atoms with Crippen molar-refractivity contribution >= 4 is 33.4 Å². The lowest BCUT2D eigenvalue weighted by Crippen LogP contribution is -2.33. The van der Waals surface area contributed by atoms with Crippen LogP contribution in [0.4, 0.5) is 0 Å². The first-order valence-corrected chi connectivity index (χ1v) is 17.4. The van der Waals surface area contributed by atoms with Crippen LogP contribution >= 0.6 is 0 Å². The topological polar surface area (TPSA) is 143 Å². The second-order valence-electron chi connectivity index (χ2n) is 13.0. The highest BCUT2D eigenvalue weighted by Gasteiger charge is 2.23. The largest absolute Gasteiger partial charge is 0.493 e. The molecule has 0 aliphatic carbocycles. The van der Waals surface area contributed by atoms with Gasteiger partial charge in [-0.15, -0.1) is 5.10 Å². The second-order valence-corrected chi connectivity index (χ2v) is 13.0. The molecule has 1 amide bonds. The number of carbonyl (C=O) groups is 1. The average Bonchev–Trinajstić information content (AvgIpc) is 3.61. The number of hydrogen-bond acceptors (Lipinski definition) is 6. The van der Waals surface area contributed by atoms with Gasteiger partial charge in [-0.2, -0.15) is 0 Å².